The van der Waals surface area contributed by atoms with Gasteiger partial charge in [0.15, 0.2) is 0 Å². The summed E-state index contributed by atoms with van der Waals surface area (Å²) in [6, 6.07) is 7.34. The fourth-order valence-electron chi connectivity index (χ4n) is 1.90. The fraction of sp³-hybridized carbons (Fsp3) is 0.467. The third-order valence-corrected chi connectivity index (χ3v) is 3.91. The van der Waals surface area contributed by atoms with Gasteiger partial charge in [-0.15, -0.1) is 21.5 Å². The highest BCUT2D eigenvalue weighted by molar-refractivity contribution is 7.11. The SMILES string of the molecule is CC(C)NCCCc1nnc(Cc2ccccc2F)s1. The third-order valence-electron chi connectivity index (χ3n) is 2.93. The molecule has 2 rings (SSSR count). The van der Waals surface area contributed by atoms with Crippen molar-refractivity contribution in [3.05, 3.63) is 45.7 Å². The van der Waals surface area contributed by atoms with Gasteiger partial charge in [0.2, 0.25) is 0 Å². The maximum atomic E-state index is 13.6. The maximum absolute atomic E-state index is 13.6. The molecule has 2 aromatic rings. The summed E-state index contributed by atoms with van der Waals surface area (Å²) < 4.78 is 13.6. The van der Waals surface area contributed by atoms with E-state index in [1.54, 1.807) is 23.5 Å². The first kappa shape index (κ1) is 15.1. The summed E-state index contributed by atoms with van der Waals surface area (Å²) >= 11 is 1.58. The highest BCUT2D eigenvalue weighted by Gasteiger charge is 2.08. The Balaban J connectivity index is 1.85. The zero-order chi connectivity index (χ0) is 14.4. The fourth-order valence-corrected chi connectivity index (χ4v) is 2.81. The van der Waals surface area contributed by atoms with E-state index in [-0.39, 0.29) is 5.82 Å². The summed E-state index contributed by atoms with van der Waals surface area (Å²) in [5.41, 5.74) is 0.677. The molecule has 0 spiro atoms. The molecule has 0 fully saturated rings. The molecule has 0 aliphatic heterocycles. The van der Waals surface area contributed by atoms with E-state index in [1.165, 1.54) is 6.07 Å². The van der Waals surface area contributed by atoms with Gasteiger partial charge in [0, 0.05) is 18.9 Å². The van der Waals surface area contributed by atoms with Crippen LogP contribution in [0.3, 0.4) is 0 Å². The lowest BCUT2D eigenvalue weighted by atomic mass is 10.1. The maximum Gasteiger partial charge on any atom is 0.126 e. The Morgan fingerprint density at radius 2 is 1.95 bits per heavy atom. The molecule has 108 valence electrons. The van der Waals surface area contributed by atoms with Crippen molar-refractivity contribution in [3.63, 3.8) is 0 Å². The van der Waals surface area contributed by atoms with Gasteiger partial charge in [-0.2, -0.15) is 0 Å². The summed E-state index contributed by atoms with van der Waals surface area (Å²) in [6.45, 7) is 5.26. The van der Waals surface area contributed by atoms with Crippen molar-refractivity contribution in [2.45, 2.75) is 39.2 Å². The van der Waals surface area contributed by atoms with Crippen LogP contribution in [-0.2, 0) is 12.8 Å². The van der Waals surface area contributed by atoms with Crippen LogP contribution >= 0.6 is 11.3 Å². The Morgan fingerprint density at radius 3 is 2.70 bits per heavy atom. The number of rotatable bonds is 7. The van der Waals surface area contributed by atoms with Crippen LogP contribution in [0.2, 0.25) is 0 Å². The Morgan fingerprint density at radius 1 is 1.20 bits per heavy atom. The molecular formula is C15H20FN3S. The normalized spacial score (nSPS) is 11.2. The molecule has 0 atom stereocenters. The minimum atomic E-state index is -0.176. The first-order valence-electron chi connectivity index (χ1n) is 6.93. The van der Waals surface area contributed by atoms with E-state index in [9.17, 15) is 4.39 Å². The monoisotopic (exact) mass is 293 g/mol. The molecule has 0 bridgehead atoms. The van der Waals surface area contributed by atoms with Crippen molar-refractivity contribution in [1.29, 1.82) is 0 Å². The summed E-state index contributed by atoms with van der Waals surface area (Å²) in [4.78, 5) is 0. The Kier molecular flexibility index (Phi) is 5.61. The van der Waals surface area contributed by atoms with Crippen LogP contribution in [0.25, 0.3) is 0 Å². The topological polar surface area (TPSA) is 37.8 Å². The van der Waals surface area contributed by atoms with Gasteiger partial charge in [-0.05, 0) is 24.6 Å². The second-order valence-electron chi connectivity index (χ2n) is 5.07. The van der Waals surface area contributed by atoms with Gasteiger partial charge in [-0.25, -0.2) is 4.39 Å². The van der Waals surface area contributed by atoms with Crippen LogP contribution in [0.5, 0.6) is 0 Å². The highest BCUT2D eigenvalue weighted by atomic mass is 32.1. The molecule has 1 heterocycles. The lowest BCUT2D eigenvalue weighted by Crippen LogP contribution is -2.23. The van der Waals surface area contributed by atoms with Crippen LogP contribution < -0.4 is 5.32 Å². The van der Waals surface area contributed by atoms with Gasteiger partial charge < -0.3 is 5.32 Å². The van der Waals surface area contributed by atoms with E-state index < -0.39 is 0 Å². The highest BCUT2D eigenvalue weighted by Crippen LogP contribution is 2.17. The summed E-state index contributed by atoms with van der Waals surface area (Å²) in [5, 5.41) is 13.6. The van der Waals surface area contributed by atoms with Gasteiger partial charge in [0.05, 0.1) is 0 Å². The minimum Gasteiger partial charge on any atom is -0.315 e. The van der Waals surface area contributed by atoms with Crippen molar-refractivity contribution in [3.8, 4) is 0 Å². The third kappa shape index (κ3) is 4.65. The number of benzene rings is 1. The van der Waals surface area contributed by atoms with E-state index >= 15 is 0 Å². The zero-order valence-electron chi connectivity index (χ0n) is 11.9. The Hall–Kier alpha value is -1.33. The zero-order valence-corrected chi connectivity index (χ0v) is 12.7. The summed E-state index contributed by atoms with van der Waals surface area (Å²) in [7, 11) is 0. The van der Waals surface area contributed by atoms with Gasteiger partial charge in [0.25, 0.3) is 0 Å². The van der Waals surface area contributed by atoms with E-state index in [0.717, 1.165) is 29.4 Å². The van der Waals surface area contributed by atoms with Gasteiger partial charge in [0.1, 0.15) is 15.8 Å². The molecule has 0 aliphatic rings. The lowest BCUT2D eigenvalue weighted by Gasteiger charge is -2.05. The molecule has 5 heteroatoms. The first-order chi connectivity index (χ1) is 9.65. The number of nitrogens with zero attached hydrogens (tertiary/aromatic N) is 2. The number of aryl methyl sites for hydroxylation is 1. The molecule has 1 aromatic heterocycles. The average Bonchev–Trinajstić information content (AvgIpc) is 2.85. The molecular weight excluding hydrogens is 273 g/mol. The Bertz CT molecular complexity index is 539. The van der Waals surface area contributed by atoms with Gasteiger partial charge in [-0.1, -0.05) is 32.0 Å². The molecule has 3 nitrogen and oxygen atoms in total. The second-order valence-corrected chi connectivity index (χ2v) is 6.22. The summed E-state index contributed by atoms with van der Waals surface area (Å²) in [5.74, 6) is -0.176. The quantitative estimate of drug-likeness (QED) is 0.797. The van der Waals surface area contributed by atoms with Crippen LogP contribution in [0, 0.1) is 5.82 Å². The van der Waals surface area contributed by atoms with Crippen LogP contribution in [0.1, 0.15) is 35.8 Å². The first-order valence-corrected chi connectivity index (χ1v) is 7.75. The van der Waals surface area contributed by atoms with Crippen molar-refractivity contribution in [1.82, 2.24) is 15.5 Å². The number of halogens is 1. The second kappa shape index (κ2) is 7.45. The number of aromatic nitrogens is 2. The largest absolute Gasteiger partial charge is 0.315 e. The Labute approximate surface area is 123 Å². The molecule has 0 unspecified atom stereocenters. The molecule has 0 radical (unpaired) electrons. The smallest absolute Gasteiger partial charge is 0.126 e. The van der Waals surface area contributed by atoms with Crippen LogP contribution in [0.15, 0.2) is 24.3 Å². The van der Waals surface area contributed by atoms with E-state index in [0.29, 0.717) is 18.0 Å². The summed E-state index contributed by atoms with van der Waals surface area (Å²) in [6.07, 6.45) is 2.50. The van der Waals surface area contributed by atoms with Crippen LogP contribution in [0.4, 0.5) is 4.39 Å². The molecule has 0 saturated heterocycles. The van der Waals surface area contributed by atoms with Gasteiger partial charge >= 0.3 is 0 Å². The molecule has 20 heavy (non-hydrogen) atoms. The van der Waals surface area contributed by atoms with Crippen molar-refractivity contribution in [2.75, 3.05) is 6.54 Å². The predicted octanol–water partition coefficient (Wildman–Crippen LogP) is 3.20. The van der Waals surface area contributed by atoms with Crippen molar-refractivity contribution in [2.24, 2.45) is 0 Å². The average molecular weight is 293 g/mol. The molecule has 1 aromatic carbocycles. The van der Waals surface area contributed by atoms with Crippen molar-refractivity contribution >= 4 is 11.3 Å². The molecule has 0 aliphatic carbocycles. The number of hydrogen-bond acceptors (Lipinski definition) is 4. The number of nitrogens with one attached hydrogen (secondary N) is 1. The van der Waals surface area contributed by atoms with Crippen LogP contribution in [-0.4, -0.2) is 22.8 Å². The number of hydrogen-bond donors (Lipinski definition) is 1. The molecule has 0 saturated carbocycles. The van der Waals surface area contributed by atoms with E-state index in [4.69, 9.17) is 0 Å². The standard InChI is InChI=1S/C15H20FN3S/c1-11(2)17-9-5-8-14-18-19-15(20-14)10-12-6-3-4-7-13(12)16/h3-4,6-7,11,17H,5,8-10H2,1-2H3. The molecule has 0 amide bonds. The van der Waals surface area contributed by atoms with E-state index in [1.807, 2.05) is 6.07 Å². The predicted molar refractivity (Wildman–Crippen MR) is 80.6 cm³/mol. The minimum absolute atomic E-state index is 0.176. The van der Waals surface area contributed by atoms with Gasteiger partial charge in [-0.3, -0.25) is 0 Å². The lowest BCUT2D eigenvalue weighted by molar-refractivity contribution is 0.569. The van der Waals surface area contributed by atoms with Crippen molar-refractivity contribution < 1.29 is 4.39 Å². The van der Waals surface area contributed by atoms with E-state index in [2.05, 4.69) is 29.4 Å². The molecule has 1 N–H and O–H groups in total.